The van der Waals surface area contributed by atoms with Crippen molar-refractivity contribution in [3.8, 4) is 11.5 Å². The van der Waals surface area contributed by atoms with E-state index in [0.29, 0.717) is 0 Å². The van der Waals surface area contributed by atoms with E-state index < -0.39 is 24.9 Å². The monoisotopic (exact) mass is 379 g/mol. The van der Waals surface area contributed by atoms with Crippen molar-refractivity contribution in [2.45, 2.75) is 6.61 Å². The zero-order chi connectivity index (χ0) is 17.7. The predicted octanol–water partition coefficient (Wildman–Crippen LogP) is 4.75. The summed E-state index contributed by atoms with van der Waals surface area (Å²) >= 11 is 11.5. The molecule has 0 aliphatic carbocycles. The van der Waals surface area contributed by atoms with Gasteiger partial charge in [0.1, 0.15) is 17.3 Å². The molecule has 0 saturated heterocycles. The minimum atomic E-state index is -3.00. The second-order valence-electron chi connectivity index (χ2n) is 4.44. The van der Waals surface area contributed by atoms with Gasteiger partial charge in [-0.3, -0.25) is 4.79 Å². The third kappa shape index (κ3) is 5.21. The molecular formula is C15H10Cl2F3NO3. The Morgan fingerprint density at radius 1 is 1.08 bits per heavy atom. The number of benzene rings is 2. The lowest BCUT2D eigenvalue weighted by Gasteiger charge is -2.11. The quantitative estimate of drug-likeness (QED) is 0.787. The molecule has 0 atom stereocenters. The smallest absolute Gasteiger partial charge is 0.387 e. The molecule has 0 radical (unpaired) electrons. The Hall–Kier alpha value is -2.12. The van der Waals surface area contributed by atoms with Gasteiger partial charge in [0.25, 0.3) is 5.91 Å². The van der Waals surface area contributed by atoms with Crippen LogP contribution >= 0.6 is 23.2 Å². The van der Waals surface area contributed by atoms with Gasteiger partial charge in [-0.25, -0.2) is 4.39 Å². The first kappa shape index (κ1) is 18.2. The SMILES string of the molecule is O=C(COc1ccc(F)cc1Cl)Nc1ccc(OC(F)F)c(Cl)c1. The number of carbonyl (C=O) groups excluding carboxylic acids is 1. The first-order valence-electron chi connectivity index (χ1n) is 6.47. The predicted molar refractivity (Wildman–Crippen MR) is 83.6 cm³/mol. The van der Waals surface area contributed by atoms with Crippen molar-refractivity contribution in [2.75, 3.05) is 11.9 Å². The number of amides is 1. The number of hydrogen-bond acceptors (Lipinski definition) is 3. The number of carbonyl (C=O) groups is 1. The van der Waals surface area contributed by atoms with Gasteiger partial charge in [0.05, 0.1) is 10.0 Å². The molecule has 0 unspecified atom stereocenters. The molecule has 128 valence electrons. The summed E-state index contributed by atoms with van der Waals surface area (Å²) < 4.78 is 46.5. The van der Waals surface area contributed by atoms with Crippen molar-refractivity contribution >= 4 is 34.8 Å². The molecule has 0 aliphatic rings. The number of halogens is 5. The molecule has 4 nitrogen and oxygen atoms in total. The van der Waals surface area contributed by atoms with Gasteiger partial charge >= 0.3 is 6.61 Å². The van der Waals surface area contributed by atoms with Crippen LogP contribution < -0.4 is 14.8 Å². The molecule has 2 aromatic carbocycles. The van der Waals surface area contributed by atoms with E-state index in [2.05, 4.69) is 10.1 Å². The lowest BCUT2D eigenvalue weighted by Crippen LogP contribution is -2.20. The average molecular weight is 380 g/mol. The topological polar surface area (TPSA) is 47.6 Å². The number of nitrogens with one attached hydrogen (secondary N) is 1. The van der Waals surface area contributed by atoms with Crippen molar-refractivity contribution in [3.63, 3.8) is 0 Å². The van der Waals surface area contributed by atoms with E-state index >= 15 is 0 Å². The normalized spacial score (nSPS) is 10.6. The number of anilines is 1. The second kappa shape index (κ2) is 8.12. The highest BCUT2D eigenvalue weighted by molar-refractivity contribution is 6.32. The summed E-state index contributed by atoms with van der Waals surface area (Å²) in [6.45, 7) is -3.39. The van der Waals surface area contributed by atoms with Crippen LogP contribution in [0.25, 0.3) is 0 Å². The summed E-state index contributed by atoms with van der Waals surface area (Å²) in [7, 11) is 0. The van der Waals surface area contributed by atoms with Gasteiger partial charge in [0, 0.05) is 5.69 Å². The van der Waals surface area contributed by atoms with Gasteiger partial charge in [-0.2, -0.15) is 8.78 Å². The Bertz CT molecular complexity index is 744. The van der Waals surface area contributed by atoms with Gasteiger partial charge in [0.15, 0.2) is 6.61 Å². The fourth-order valence-electron chi connectivity index (χ4n) is 1.70. The lowest BCUT2D eigenvalue weighted by atomic mass is 10.3. The van der Waals surface area contributed by atoms with Crippen LogP contribution in [0.2, 0.25) is 10.0 Å². The van der Waals surface area contributed by atoms with Gasteiger partial charge in [0.2, 0.25) is 0 Å². The Labute approximate surface area is 145 Å². The molecule has 0 fully saturated rings. The maximum Gasteiger partial charge on any atom is 0.387 e. The van der Waals surface area contributed by atoms with E-state index in [1.165, 1.54) is 24.3 Å². The molecule has 0 aromatic heterocycles. The van der Waals surface area contributed by atoms with Crippen molar-refractivity contribution in [1.82, 2.24) is 0 Å². The summed E-state index contributed by atoms with van der Waals surface area (Å²) in [6, 6.07) is 7.27. The van der Waals surface area contributed by atoms with E-state index in [1.54, 1.807) is 0 Å². The van der Waals surface area contributed by atoms with Crippen molar-refractivity contribution < 1.29 is 27.4 Å². The number of hydrogen-bond donors (Lipinski definition) is 1. The number of ether oxygens (including phenoxy) is 2. The van der Waals surface area contributed by atoms with Crippen LogP contribution in [0.15, 0.2) is 36.4 Å². The summed E-state index contributed by atoms with van der Waals surface area (Å²) in [6.07, 6.45) is 0. The van der Waals surface area contributed by atoms with E-state index in [4.69, 9.17) is 27.9 Å². The second-order valence-corrected chi connectivity index (χ2v) is 5.25. The van der Waals surface area contributed by atoms with Crippen molar-refractivity contribution in [2.24, 2.45) is 0 Å². The van der Waals surface area contributed by atoms with Gasteiger partial charge < -0.3 is 14.8 Å². The van der Waals surface area contributed by atoms with E-state index in [0.717, 1.165) is 12.1 Å². The molecule has 9 heteroatoms. The van der Waals surface area contributed by atoms with Gasteiger partial charge in [-0.05, 0) is 36.4 Å². The first-order valence-corrected chi connectivity index (χ1v) is 7.23. The van der Waals surface area contributed by atoms with Crippen LogP contribution in [-0.2, 0) is 4.79 Å². The molecule has 0 spiro atoms. The molecule has 2 rings (SSSR count). The van der Waals surface area contributed by atoms with E-state index in [1.807, 2.05) is 0 Å². The zero-order valence-electron chi connectivity index (χ0n) is 11.9. The fraction of sp³-hybridized carbons (Fsp3) is 0.133. The molecule has 2 aromatic rings. The van der Waals surface area contributed by atoms with Crippen LogP contribution in [0.3, 0.4) is 0 Å². The van der Waals surface area contributed by atoms with Crippen LogP contribution in [0, 0.1) is 5.82 Å². The Morgan fingerprint density at radius 3 is 2.38 bits per heavy atom. The maximum absolute atomic E-state index is 12.9. The number of rotatable bonds is 6. The highest BCUT2D eigenvalue weighted by Crippen LogP contribution is 2.29. The minimum Gasteiger partial charge on any atom is -0.482 e. The molecule has 24 heavy (non-hydrogen) atoms. The van der Waals surface area contributed by atoms with Crippen molar-refractivity contribution in [1.29, 1.82) is 0 Å². The Balaban J connectivity index is 1.93. The van der Waals surface area contributed by atoms with Crippen LogP contribution in [0.4, 0.5) is 18.9 Å². The third-order valence-electron chi connectivity index (χ3n) is 2.68. The number of alkyl halides is 2. The molecule has 0 aliphatic heterocycles. The summed E-state index contributed by atoms with van der Waals surface area (Å²) in [5.74, 6) is -1.14. The van der Waals surface area contributed by atoms with Crippen LogP contribution in [0.5, 0.6) is 11.5 Å². The fourth-order valence-corrected chi connectivity index (χ4v) is 2.15. The first-order chi connectivity index (χ1) is 11.3. The maximum atomic E-state index is 12.9. The highest BCUT2D eigenvalue weighted by Gasteiger charge is 2.11. The standard InChI is InChI=1S/C15H10Cl2F3NO3/c16-10-5-8(18)1-3-12(10)23-7-14(22)21-9-2-4-13(11(17)6-9)24-15(19)20/h1-6,15H,7H2,(H,21,22). The summed E-state index contributed by atoms with van der Waals surface area (Å²) in [4.78, 5) is 11.8. The van der Waals surface area contributed by atoms with Gasteiger partial charge in [-0.1, -0.05) is 23.2 Å². The third-order valence-corrected chi connectivity index (χ3v) is 3.28. The molecule has 0 bridgehead atoms. The molecule has 1 N–H and O–H groups in total. The molecule has 0 saturated carbocycles. The largest absolute Gasteiger partial charge is 0.482 e. The lowest BCUT2D eigenvalue weighted by molar-refractivity contribution is -0.118. The minimum absolute atomic E-state index is 0.0272. The zero-order valence-corrected chi connectivity index (χ0v) is 13.4. The van der Waals surface area contributed by atoms with Gasteiger partial charge in [-0.15, -0.1) is 0 Å². The highest BCUT2D eigenvalue weighted by atomic mass is 35.5. The van der Waals surface area contributed by atoms with Crippen LogP contribution in [-0.4, -0.2) is 19.1 Å². The Kier molecular flexibility index (Phi) is 6.16. The molecule has 0 heterocycles. The average Bonchev–Trinajstić information content (AvgIpc) is 2.49. The van der Waals surface area contributed by atoms with E-state index in [-0.39, 0.29) is 27.2 Å². The van der Waals surface area contributed by atoms with Crippen molar-refractivity contribution in [3.05, 3.63) is 52.3 Å². The summed E-state index contributed by atoms with van der Waals surface area (Å²) in [5, 5.41) is 2.40. The van der Waals surface area contributed by atoms with Crippen LogP contribution in [0.1, 0.15) is 0 Å². The van der Waals surface area contributed by atoms with E-state index in [9.17, 15) is 18.0 Å². The molecular weight excluding hydrogens is 370 g/mol. The summed E-state index contributed by atoms with van der Waals surface area (Å²) in [5.41, 5.74) is 0.264. The Morgan fingerprint density at radius 2 is 1.75 bits per heavy atom. The molecule has 1 amide bonds.